The van der Waals surface area contributed by atoms with Crippen LogP contribution in [0, 0.1) is 0 Å². The highest BCUT2D eigenvalue weighted by molar-refractivity contribution is 5.72. The highest BCUT2D eigenvalue weighted by atomic mass is 19.4. The van der Waals surface area contributed by atoms with Crippen LogP contribution < -0.4 is 11.1 Å². The van der Waals surface area contributed by atoms with E-state index in [-0.39, 0.29) is 12.5 Å². The number of nitrogens with one attached hydrogen (secondary N) is 1. The number of alkyl halides is 3. The molecule has 1 aromatic carbocycles. The molecule has 0 saturated carbocycles. The maximum absolute atomic E-state index is 12.4. The Morgan fingerprint density at radius 2 is 2.12 bits per heavy atom. The lowest BCUT2D eigenvalue weighted by Crippen LogP contribution is -2.30. The standard InChI is InChI=1S/C11H13F3N2O/c1-7(17)16-6-10(15)8-3-2-4-9(5-8)11(12,13)14/h2-5,10H,6,15H2,1H3,(H,16,17). The van der Waals surface area contributed by atoms with Gasteiger partial charge < -0.3 is 11.1 Å². The number of amides is 1. The van der Waals surface area contributed by atoms with Crippen LogP contribution in [0.3, 0.4) is 0 Å². The summed E-state index contributed by atoms with van der Waals surface area (Å²) in [7, 11) is 0. The van der Waals surface area contributed by atoms with E-state index in [1.165, 1.54) is 19.1 Å². The molecule has 0 fully saturated rings. The van der Waals surface area contributed by atoms with Gasteiger partial charge in [0.2, 0.25) is 5.91 Å². The zero-order chi connectivity index (χ0) is 13.1. The summed E-state index contributed by atoms with van der Waals surface area (Å²) in [5.41, 5.74) is 5.27. The minimum atomic E-state index is -4.39. The predicted molar refractivity (Wildman–Crippen MR) is 57.1 cm³/mol. The van der Waals surface area contributed by atoms with Crippen molar-refractivity contribution in [3.8, 4) is 0 Å². The molecule has 1 atom stereocenters. The zero-order valence-electron chi connectivity index (χ0n) is 9.21. The summed E-state index contributed by atoms with van der Waals surface area (Å²) in [6.07, 6.45) is -4.39. The first-order valence-electron chi connectivity index (χ1n) is 4.98. The molecule has 94 valence electrons. The van der Waals surface area contributed by atoms with Gasteiger partial charge in [-0.1, -0.05) is 12.1 Å². The van der Waals surface area contributed by atoms with Crippen LogP contribution in [0.25, 0.3) is 0 Å². The Bertz CT molecular complexity index is 404. The van der Waals surface area contributed by atoms with E-state index < -0.39 is 17.8 Å². The van der Waals surface area contributed by atoms with Crippen LogP contribution in [-0.4, -0.2) is 12.5 Å². The smallest absolute Gasteiger partial charge is 0.354 e. The lowest BCUT2D eigenvalue weighted by atomic mass is 10.0. The van der Waals surface area contributed by atoms with Gasteiger partial charge in [-0.3, -0.25) is 4.79 Å². The Morgan fingerprint density at radius 1 is 1.47 bits per heavy atom. The van der Waals surface area contributed by atoms with E-state index >= 15 is 0 Å². The fraction of sp³-hybridized carbons (Fsp3) is 0.364. The van der Waals surface area contributed by atoms with Gasteiger partial charge in [-0.2, -0.15) is 13.2 Å². The normalized spacial score (nSPS) is 13.2. The summed E-state index contributed by atoms with van der Waals surface area (Å²) in [5.74, 6) is -0.271. The Hall–Kier alpha value is -1.56. The van der Waals surface area contributed by atoms with Gasteiger partial charge in [0.15, 0.2) is 0 Å². The van der Waals surface area contributed by atoms with E-state index in [1.54, 1.807) is 0 Å². The van der Waals surface area contributed by atoms with Crippen molar-refractivity contribution >= 4 is 5.91 Å². The molecule has 1 rings (SSSR count). The van der Waals surface area contributed by atoms with Crippen molar-refractivity contribution in [3.05, 3.63) is 35.4 Å². The minimum absolute atomic E-state index is 0.108. The van der Waals surface area contributed by atoms with Crippen molar-refractivity contribution in [2.75, 3.05) is 6.54 Å². The lowest BCUT2D eigenvalue weighted by molar-refractivity contribution is -0.137. The maximum atomic E-state index is 12.4. The van der Waals surface area contributed by atoms with Crippen LogP contribution in [0.1, 0.15) is 24.1 Å². The van der Waals surface area contributed by atoms with Crippen LogP contribution in [0.4, 0.5) is 13.2 Å². The van der Waals surface area contributed by atoms with Crippen molar-refractivity contribution in [2.45, 2.75) is 19.1 Å². The molecule has 0 aliphatic rings. The molecule has 0 aliphatic heterocycles. The average molecular weight is 246 g/mol. The van der Waals surface area contributed by atoms with Gasteiger partial charge in [-0.05, 0) is 17.7 Å². The van der Waals surface area contributed by atoms with Gasteiger partial charge in [-0.25, -0.2) is 0 Å². The van der Waals surface area contributed by atoms with Gasteiger partial charge >= 0.3 is 6.18 Å². The molecule has 3 N–H and O–H groups in total. The fourth-order valence-electron chi connectivity index (χ4n) is 1.32. The average Bonchev–Trinajstić information content (AvgIpc) is 2.25. The molecule has 1 aromatic rings. The number of hydrogen-bond acceptors (Lipinski definition) is 2. The number of hydrogen-bond donors (Lipinski definition) is 2. The van der Waals surface area contributed by atoms with Crippen LogP contribution in [0.5, 0.6) is 0 Å². The second-order valence-electron chi connectivity index (χ2n) is 3.67. The van der Waals surface area contributed by atoms with Gasteiger partial charge in [0, 0.05) is 19.5 Å². The second kappa shape index (κ2) is 5.18. The number of carbonyl (C=O) groups excluding carboxylic acids is 1. The fourth-order valence-corrected chi connectivity index (χ4v) is 1.32. The summed E-state index contributed by atoms with van der Waals surface area (Å²) < 4.78 is 37.3. The lowest BCUT2D eigenvalue weighted by Gasteiger charge is -2.14. The first-order chi connectivity index (χ1) is 7.80. The number of rotatable bonds is 3. The van der Waals surface area contributed by atoms with Crippen molar-refractivity contribution < 1.29 is 18.0 Å². The van der Waals surface area contributed by atoms with Crippen LogP contribution in [0.2, 0.25) is 0 Å². The Balaban J connectivity index is 2.81. The molecule has 17 heavy (non-hydrogen) atoms. The van der Waals surface area contributed by atoms with E-state index in [4.69, 9.17) is 5.73 Å². The van der Waals surface area contributed by atoms with Crippen LogP contribution in [-0.2, 0) is 11.0 Å². The van der Waals surface area contributed by atoms with Crippen molar-refractivity contribution in [3.63, 3.8) is 0 Å². The van der Waals surface area contributed by atoms with Gasteiger partial charge in [-0.15, -0.1) is 0 Å². The molecule has 3 nitrogen and oxygen atoms in total. The summed E-state index contributed by atoms with van der Waals surface area (Å²) in [5, 5.41) is 2.46. The Morgan fingerprint density at radius 3 is 2.65 bits per heavy atom. The summed E-state index contributed by atoms with van der Waals surface area (Å²) in [4.78, 5) is 10.7. The van der Waals surface area contributed by atoms with Crippen molar-refractivity contribution in [1.82, 2.24) is 5.32 Å². The highest BCUT2D eigenvalue weighted by Crippen LogP contribution is 2.30. The van der Waals surface area contributed by atoms with E-state index in [1.807, 2.05) is 0 Å². The van der Waals surface area contributed by atoms with Crippen molar-refractivity contribution in [2.24, 2.45) is 5.73 Å². The third-order valence-electron chi connectivity index (χ3n) is 2.21. The second-order valence-corrected chi connectivity index (χ2v) is 3.67. The highest BCUT2D eigenvalue weighted by Gasteiger charge is 2.30. The molecule has 0 radical (unpaired) electrons. The Kier molecular flexibility index (Phi) is 4.11. The van der Waals surface area contributed by atoms with E-state index in [2.05, 4.69) is 5.32 Å². The Labute approximate surface area is 96.8 Å². The first-order valence-corrected chi connectivity index (χ1v) is 4.98. The van der Waals surface area contributed by atoms with Crippen LogP contribution >= 0.6 is 0 Å². The summed E-state index contributed by atoms with van der Waals surface area (Å²) in [6, 6.07) is 4.12. The first kappa shape index (κ1) is 13.5. The van der Waals surface area contributed by atoms with Gasteiger partial charge in [0.1, 0.15) is 0 Å². The van der Waals surface area contributed by atoms with Crippen molar-refractivity contribution in [1.29, 1.82) is 0 Å². The molecular formula is C11H13F3N2O. The molecule has 1 amide bonds. The number of benzene rings is 1. The van der Waals surface area contributed by atoms with E-state index in [0.717, 1.165) is 12.1 Å². The van der Waals surface area contributed by atoms with Crippen LogP contribution in [0.15, 0.2) is 24.3 Å². The third-order valence-corrected chi connectivity index (χ3v) is 2.21. The quantitative estimate of drug-likeness (QED) is 0.855. The largest absolute Gasteiger partial charge is 0.416 e. The molecular weight excluding hydrogens is 233 g/mol. The SMILES string of the molecule is CC(=O)NCC(N)c1cccc(C(F)(F)F)c1. The number of carbonyl (C=O) groups is 1. The molecule has 0 aliphatic carbocycles. The number of halogens is 3. The van der Waals surface area contributed by atoms with E-state index in [0.29, 0.717) is 5.56 Å². The molecule has 6 heteroatoms. The minimum Gasteiger partial charge on any atom is -0.354 e. The molecule has 0 aromatic heterocycles. The monoisotopic (exact) mass is 246 g/mol. The maximum Gasteiger partial charge on any atom is 0.416 e. The van der Waals surface area contributed by atoms with E-state index in [9.17, 15) is 18.0 Å². The zero-order valence-corrected chi connectivity index (χ0v) is 9.21. The molecule has 0 bridgehead atoms. The molecule has 0 heterocycles. The summed E-state index contributed by atoms with van der Waals surface area (Å²) in [6.45, 7) is 1.43. The predicted octanol–water partition coefficient (Wildman–Crippen LogP) is 1.84. The topological polar surface area (TPSA) is 55.1 Å². The third kappa shape index (κ3) is 4.07. The van der Waals surface area contributed by atoms with Gasteiger partial charge in [0.25, 0.3) is 0 Å². The summed E-state index contributed by atoms with van der Waals surface area (Å²) >= 11 is 0. The van der Waals surface area contributed by atoms with Gasteiger partial charge in [0.05, 0.1) is 5.56 Å². The number of nitrogens with two attached hydrogens (primary N) is 1. The molecule has 0 spiro atoms. The molecule has 1 unspecified atom stereocenters. The molecule has 0 saturated heterocycles.